The van der Waals surface area contributed by atoms with Crippen molar-refractivity contribution in [3.63, 3.8) is 0 Å². The Bertz CT molecular complexity index is 382. The molecule has 1 unspecified atom stereocenters. The average molecular weight is 272 g/mol. The zero-order valence-corrected chi connectivity index (χ0v) is 12.3. The molecular weight excluding hydrogens is 250 g/mol. The summed E-state index contributed by atoms with van der Waals surface area (Å²) >= 11 is 6.09. The molecule has 1 aromatic rings. The molecular formula is C14H22ClNO2. The minimum atomic E-state index is 0.153. The van der Waals surface area contributed by atoms with Crippen molar-refractivity contribution >= 4 is 11.6 Å². The van der Waals surface area contributed by atoms with E-state index < -0.39 is 0 Å². The Morgan fingerprint density at radius 3 is 2.61 bits per heavy atom. The van der Waals surface area contributed by atoms with Gasteiger partial charge in [0.25, 0.3) is 0 Å². The van der Waals surface area contributed by atoms with Crippen molar-refractivity contribution in [2.24, 2.45) is 0 Å². The molecule has 1 rings (SSSR count). The topological polar surface area (TPSA) is 30.5 Å². The summed E-state index contributed by atoms with van der Waals surface area (Å²) in [4.78, 5) is 0. The number of benzene rings is 1. The van der Waals surface area contributed by atoms with Gasteiger partial charge in [0.1, 0.15) is 0 Å². The molecule has 1 aromatic carbocycles. The van der Waals surface area contributed by atoms with Crippen molar-refractivity contribution in [2.75, 3.05) is 13.7 Å². The largest absolute Gasteiger partial charge is 0.493 e. The van der Waals surface area contributed by atoms with E-state index in [1.807, 2.05) is 13.0 Å². The minimum Gasteiger partial charge on any atom is -0.493 e. The van der Waals surface area contributed by atoms with Crippen LogP contribution < -0.4 is 14.8 Å². The third kappa shape index (κ3) is 4.07. The smallest absolute Gasteiger partial charge is 0.166 e. The molecule has 0 saturated carbocycles. The van der Waals surface area contributed by atoms with Crippen molar-refractivity contribution in [3.8, 4) is 11.5 Å². The number of hydrogen-bond donors (Lipinski definition) is 1. The van der Waals surface area contributed by atoms with Crippen LogP contribution in [0.4, 0.5) is 0 Å². The second-order valence-corrected chi connectivity index (χ2v) is 4.65. The molecule has 0 saturated heterocycles. The van der Waals surface area contributed by atoms with Crippen LogP contribution in [0.3, 0.4) is 0 Å². The highest BCUT2D eigenvalue weighted by Crippen LogP contribution is 2.35. The molecule has 1 N–H and O–H groups in total. The number of ether oxygens (including phenoxy) is 2. The fraction of sp³-hybridized carbons (Fsp3) is 0.571. The average Bonchev–Trinajstić information content (AvgIpc) is 2.37. The van der Waals surface area contributed by atoms with Gasteiger partial charge in [0.15, 0.2) is 11.5 Å². The van der Waals surface area contributed by atoms with Crippen LogP contribution in [0.2, 0.25) is 5.02 Å². The standard InChI is InChI=1S/C14H22ClNO2/c1-5-10(3)18-14-11(9-16-6-2)7-12(15)8-13(14)17-4/h7-8,10,16H,5-6,9H2,1-4H3. The molecule has 102 valence electrons. The van der Waals surface area contributed by atoms with E-state index in [4.69, 9.17) is 21.1 Å². The molecule has 18 heavy (non-hydrogen) atoms. The maximum Gasteiger partial charge on any atom is 0.166 e. The molecule has 0 radical (unpaired) electrons. The molecule has 4 heteroatoms. The summed E-state index contributed by atoms with van der Waals surface area (Å²) in [5.41, 5.74) is 1.03. The highest BCUT2D eigenvalue weighted by Gasteiger charge is 2.14. The highest BCUT2D eigenvalue weighted by atomic mass is 35.5. The Morgan fingerprint density at radius 2 is 2.06 bits per heavy atom. The molecule has 0 amide bonds. The van der Waals surface area contributed by atoms with E-state index in [0.717, 1.165) is 30.8 Å². The van der Waals surface area contributed by atoms with Gasteiger partial charge in [0.05, 0.1) is 13.2 Å². The van der Waals surface area contributed by atoms with Crippen LogP contribution in [-0.4, -0.2) is 19.8 Å². The van der Waals surface area contributed by atoms with Crippen LogP contribution in [-0.2, 0) is 6.54 Å². The van der Waals surface area contributed by atoms with Crippen molar-refractivity contribution in [3.05, 3.63) is 22.7 Å². The van der Waals surface area contributed by atoms with E-state index in [9.17, 15) is 0 Å². The van der Waals surface area contributed by atoms with Gasteiger partial charge < -0.3 is 14.8 Å². The fourth-order valence-electron chi connectivity index (χ4n) is 1.58. The third-order valence-corrected chi connectivity index (χ3v) is 2.99. The molecule has 0 aliphatic heterocycles. The Hall–Kier alpha value is -0.930. The Balaban J connectivity index is 3.06. The first-order chi connectivity index (χ1) is 8.62. The van der Waals surface area contributed by atoms with Crippen molar-refractivity contribution in [1.29, 1.82) is 0 Å². The number of methoxy groups -OCH3 is 1. The zero-order valence-electron chi connectivity index (χ0n) is 11.5. The summed E-state index contributed by atoms with van der Waals surface area (Å²) in [6.45, 7) is 7.83. The maximum atomic E-state index is 6.09. The summed E-state index contributed by atoms with van der Waals surface area (Å²) in [6.07, 6.45) is 1.10. The monoisotopic (exact) mass is 271 g/mol. The first-order valence-electron chi connectivity index (χ1n) is 6.36. The first kappa shape index (κ1) is 15.1. The summed E-state index contributed by atoms with van der Waals surface area (Å²) in [7, 11) is 1.63. The lowest BCUT2D eigenvalue weighted by Crippen LogP contribution is -2.16. The minimum absolute atomic E-state index is 0.153. The van der Waals surface area contributed by atoms with Crippen molar-refractivity contribution in [1.82, 2.24) is 5.32 Å². The molecule has 0 bridgehead atoms. The summed E-state index contributed by atoms with van der Waals surface area (Å²) in [5.74, 6) is 1.48. The van der Waals surface area contributed by atoms with E-state index >= 15 is 0 Å². The number of hydrogen-bond acceptors (Lipinski definition) is 3. The van der Waals surface area contributed by atoms with E-state index in [0.29, 0.717) is 10.8 Å². The zero-order chi connectivity index (χ0) is 13.5. The van der Waals surface area contributed by atoms with Crippen LogP contribution in [0, 0.1) is 0 Å². The Labute approximate surface area is 114 Å². The second kappa shape index (κ2) is 7.49. The lowest BCUT2D eigenvalue weighted by molar-refractivity contribution is 0.205. The number of halogens is 1. The summed E-state index contributed by atoms with van der Waals surface area (Å²) in [6, 6.07) is 3.71. The Morgan fingerprint density at radius 1 is 1.33 bits per heavy atom. The van der Waals surface area contributed by atoms with Gasteiger partial charge in [-0.25, -0.2) is 0 Å². The van der Waals surface area contributed by atoms with Gasteiger partial charge in [-0.2, -0.15) is 0 Å². The molecule has 0 spiro atoms. The van der Waals surface area contributed by atoms with Crippen LogP contribution in [0.25, 0.3) is 0 Å². The van der Waals surface area contributed by atoms with Crippen LogP contribution >= 0.6 is 11.6 Å². The summed E-state index contributed by atoms with van der Waals surface area (Å²) < 4.78 is 11.3. The predicted molar refractivity (Wildman–Crippen MR) is 75.8 cm³/mol. The van der Waals surface area contributed by atoms with Gasteiger partial charge in [-0.15, -0.1) is 0 Å². The lowest BCUT2D eigenvalue weighted by Gasteiger charge is -2.19. The predicted octanol–water partition coefficient (Wildman–Crippen LogP) is 3.64. The van der Waals surface area contributed by atoms with Crippen molar-refractivity contribution < 1.29 is 9.47 Å². The number of nitrogens with one attached hydrogen (secondary N) is 1. The molecule has 0 heterocycles. The third-order valence-electron chi connectivity index (χ3n) is 2.78. The normalized spacial score (nSPS) is 12.3. The second-order valence-electron chi connectivity index (χ2n) is 4.21. The highest BCUT2D eigenvalue weighted by molar-refractivity contribution is 6.30. The van der Waals surface area contributed by atoms with E-state index in [-0.39, 0.29) is 6.10 Å². The number of rotatable bonds is 7. The van der Waals surface area contributed by atoms with Gasteiger partial charge in [0.2, 0.25) is 0 Å². The van der Waals surface area contributed by atoms with Crippen LogP contribution in [0.1, 0.15) is 32.8 Å². The molecule has 0 fully saturated rings. The molecule has 0 aliphatic rings. The van der Waals surface area contributed by atoms with Gasteiger partial charge in [-0.3, -0.25) is 0 Å². The van der Waals surface area contributed by atoms with Gasteiger partial charge in [-0.05, 0) is 26.0 Å². The van der Waals surface area contributed by atoms with Gasteiger partial charge in [0, 0.05) is 23.2 Å². The Kier molecular flexibility index (Phi) is 6.30. The first-order valence-corrected chi connectivity index (χ1v) is 6.73. The summed E-state index contributed by atoms with van der Waals surface area (Å²) in [5, 5.41) is 3.94. The van der Waals surface area contributed by atoms with Crippen molar-refractivity contribution in [2.45, 2.75) is 39.8 Å². The van der Waals surface area contributed by atoms with Crippen LogP contribution in [0.5, 0.6) is 11.5 Å². The lowest BCUT2D eigenvalue weighted by atomic mass is 10.1. The van der Waals surface area contributed by atoms with Gasteiger partial charge >= 0.3 is 0 Å². The van der Waals surface area contributed by atoms with E-state index in [1.165, 1.54) is 0 Å². The van der Waals surface area contributed by atoms with E-state index in [1.54, 1.807) is 13.2 Å². The molecule has 3 nitrogen and oxygen atoms in total. The SMILES string of the molecule is CCNCc1cc(Cl)cc(OC)c1OC(C)CC. The molecule has 1 atom stereocenters. The molecule has 0 aliphatic carbocycles. The molecule has 0 aromatic heterocycles. The van der Waals surface area contributed by atoms with E-state index in [2.05, 4.69) is 19.2 Å². The quantitative estimate of drug-likeness (QED) is 0.821. The van der Waals surface area contributed by atoms with Gasteiger partial charge in [-0.1, -0.05) is 25.4 Å². The van der Waals surface area contributed by atoms with Crippen LogP contribution in [0.15, 0.2) is 12.1 Å². The fourth-order valence-corrected chi connectivity index (χ4v) is 1.81. The maximum absolute atomic E-state index is 6.09.